The lowest BCUT2D eigenvalue weighted by Crippen LogP contribution is -2.33. The highest BCUT2D eigenvalue weighted by Gasteiger charge is 2.25. The van der Waals surface area contributed by atoms with Gasteiger partial charge in [-0.2, -0.15) is 0 Å². The molecule has 0 spiro atoms. The molecule has 1 N–H and O–H groups in total. The summed E-state index contributed by atoms with van der Waals surface area (Å²) < 4.78 is 0. The number of carbonyl (C=O) groups excluding carboxylic acids is 1. The maximum absolute atomic E-state index is 12.2. The monoisotopic (exact) mass is 232 g/mol. The summed E-state index contributed by atoms with van der Waals surface area (Å²) in [5.74, 6) is 0.165. The van der Waals surface area contributed by atoms with Crippen LogP contribution in [0.25, 0.3) is 0 Å². The van der Waals surface area contributed by atoms with E-state index in [2.05, 4.69) is 19.2 Å². The third-order valence-corrected chi connectivity index (χ3v) is 3.33. The third-order valence-electron chi connectivity index (χ3n) is 3.33. The quantitative estimate of drug-likeness (QED) is 0.869. The van der Waals surface area contributed by atoms with E-state index in [1.54, 1.807) is 0 Å². The van der Waals surface area contributed by atoms with Gasteiger partial charge in [0.05, 0.1) is 0 Å². The van der Waals surface area contributed by atoms with E-state index in [0.29, 0.717) is 6.04 Å². The molecular formula is C14H20N2O. The van der Waals surface area contributed by atoms with Crippen molar-refractivity contribution in [3.8, 4) is 0 Å². The molecule has 0 aromatic heterocycles. The molecule has 1 amide bonds. The molecule has 1 aromatic rings. The lowest BCUT2D eigenvalue weighted by molar-refractivity contribution is 0.0747. The molecule has 2 rings (SSSR count). The molecule has 1 unspecified atom stereocenters. The van der Waals surface area contributed by atoms with Gasteiger partial charge in [0.1, 0.15) is 0 Å². The van der Waals surface area contributed by atoms with Crippen LogP contribution in [0.5, 0.6) is 0 Å². The van der Waals surface area contributed by atoms with Gasteiger partial charge < -0.3 is 10.2 Å². The fourth-order valence-corrected chi connectivity index (χ4v) is 2.34. The molecule has 1 aliphatic rings. The number of nitrogens with one attached hydrogen (secondary N) is 1. The van der Waals surface area contributed by atoms with Crippen LogP contribution in [0.1, 0.15) is 37.0 Å². The maximum Gasteiger partial charge on any atom is 0.254 e. The molecule has 1 atom stereocenters. The lowest BCUT2D eigenvalue weighted by atomic mass is 10.1. The number of rotatable bonds is 3. The van der Waals surface area contributed by atoms with E-state index < -0.39 is 0 Å². The minimum absolute atomic E-state index is 0.165. The van der Waals surface area contributed by atoms with Crippen LogP contribution in [-0.2, 0) is 0 Å². The van der Waals surface area contributed by atoms with E-state index in [1.807, 2.05) is 29.2 Å². The molecule has 3 heteroatoms. The second kappa shape index (κ2) is 5.21. The zero-order valence-electron chi connectivity index (χ0n) is 10.6. The number of benzene rings is 1. The highest BCUT2D eigenvalue weighted by molar-refractivity contribution is 5.94. The van der Waals surface area contributed by atoms with Gasteiger partial charge in [-0.05, 0) is 51.0 Å². The molecule has 1 fully saturated rings. The molecule has 0 aliphatic carbocycles. The molecule has 0 radical (unpaired) electrons. The molecule has 1 aliphatic heterocycles. The number of likely N-dealkylation sites (tertiary alicyclic amines) is 1. The van der Waals surface area contributed by atoms with E-state index in [4.69, 9.17) is 0 Å². The normalized spacial score (nSPS) is 19.4. The molecule has 0 bridgehead atoms. The molecular weight excluding hydrogens is 212 g/mol. The number of hydrogen-bond acceptors (Lipinski definition) is 2. The smallest absolute Gasteiger partial charge is 0.254 e. The zero-order valence-corrected chi connectivity index (χ0v) is 10.6. The molecule has 1 aromatic carbocycles. The second-order valence-electron chi connectivity index (χ2n) is 4.60. The van der Waals surface area contributed by atoms with E-state index >= 15 is 0 Å². The fraction of sp³-hybridized carbons (Fsp3) is 0.500. The summed E-state index contributed by atoms with van der Waals surface area (Å²) in [4.78, 5) is 14.2. The first-order valence-electron chi connectivity index (χ1n) is 6.37. The van der Waals surface area contributed by atoms with Crippen molar-refractivity contribution in [3.05, 3.63) is 29.8 Å². The Hall–Kier alpha value is -1.51. The summed E-state index contributed by atoms with van der Waals surface area (Å²) >= 11 is 0. The first-order valence-corrected chi connectivity index (χ1v) is 6.37. The Labute approximate surface area is 103 Å². The summed E-state index contributed by atoms with van der Waals surface area (Å²) in [6.07, 6.45) is 2.25. The van der Waals surface area contributed by atoms with Gasteiger partial charge in [0.15, 0.2) is 0 Å². The van der Waals surface area contributed by atoms with Crippen LogP contribution in [0.15, 0.2) is 24.3 Å². The van der Waals surface area contributed by atoms with Crippen LogP contribution in [0.3, 0.4) is 0 Å². The summed E-state index contributed by atoms with van der Waals surface area (Å²) in [5.41, 5.74) is 1.86. The largest absolute Gasteiger partial charge is 0.385 e. The Morgan fingerprint density at radius 2 is 2.12 bits per heavy atom. The predicted molar refractivity (Wildman–Crippen MR) is 70.3 cm³/mol. The molecule has 17 heavy (non-hydrogen) atoms. The average molecular weight is 232 g/mol. The van der Waals surface area contributed by atoms with Crippen LogP contribution < -0.4 is 5.32 Å². The van der Waals surface area contributed by atoms with Gasteiger partial charge in [0.2, 0.25) is 0 Å². The van der Waals surface area contributed by atoms with E-state index in [1.165, 1.54) is 0 Å². The Kier molecular flexibility index (Phi) is 3.67. The molecule has 3 nitrogen and oxygen atoms in total. The van der Waals surface area contributed by atoms with Crippen molar-refractivity contribution in [1.29, 1.82) is 0 Å². The van der Waals surface area contributed by atoms with Gasteiger partial charge in [-0.1, -0.05) is 0 Å². The SMILES string of the molecule is CCNc1ccc(C(=O)N2CCCC2C)cc1. The highest BCUT2D eigenvalue weighted by atomic mass is 16.2. The number of nitrogens with zero attached hydrogens (tertiary/aromatic N) is 1. The molecule has 1 saturated heterocycles. The molecule has 92 valence electrons. The van der Waals surface area contributed by atoms with Crippen LogP contribution in [0.4, 0.5) is 5.69 Å². The number of anilines is 1. The van der Waals surface area contributed by atoms with Crippen LogP contribution >= 0.6 is 0 Å². The number of hydrogen-bond donors (Lipinski definition) is 1. The van der Waals surface area contributed by atoms with Gasteiger partial charge in [0, 0.05) is 30.4 Å². The molecule has 1 heterocycles. The summed E-state index contributed by atoms with van der Waals surface area (Å²) in [6, 6.07) is 8.14. The summed E-state index contributed by atoms with van der Waals surface area (Å²) in [6.45, 7) is 5.98. The van der Waals surface area contributed by atoms with Crippen LogP contribution in [-0.4, -0.2) is 29.9 Å². The van der Waals surface area contributed by atoms with Crippen molar-refractivity contribution in [1.82, 2.24) is 4.90 Å². The summed E-state index contributed by atoms with van der Waals surface area (Å²) in [5, 5.41) is 3.23. The van der Waals surface area contributed by atoms with E-state index in [0.717, 1.165) is 37.2 Å². The van der Waals surface area contributed by atoms with Crippen molar-refractivity contribution >= 4 is 11.6 Å². The molecule has 0 saturated carbocycles. The minimum atomic E-state index is 0.165. The maximum atomic E-state index is 12.2. The van der Waals surface area contributed by atoms with Crippen molar-refractivity contribution in [2.24, 2.45) is 0 Å². The predicted octanol–water partition coefficient (Wildman–Crippen LogP) is 2.74. The van der Waals surface area contributed by atoms with Gasteiger partial charge in [-0.15, -0.1) is 0 Å². The van der Waals surface area contributed by atoms with Crippen molar-refractivity contribution in [2.45, 2.75) is 32.7 Å². The lowest BCUT2D eigenvalue weighted by Gasteiger charge is -2.21. The first kappa shape index (κ1) is 12.0. The standard InChI is InChI=1S/C14H20N2O/c1-3-15-13-8-6-12(7-9-13)14(17)16-10-4-5-11(16)2/h6-9,11,15H,3-5,10H2,1-2H3. The average Bonchev–Trinajstić information content (AvgIpc) is 2.76. The van der Waals surface area contributed by atoms with Gasteiger partial charge >= 0.3 is 0 Å². The van der Waals surface area contributed by atoms with Crippen molar-refractivity contribution in [3.63, 3.8) is 0 Å². The Morgan fingerprint density at radius 1 is 1.41 bits per heavy atom. The second-order valence-corrected chi connectivity index (χ2v) is 4.60. The Bertz CT molecular complexity index is 386. The van der Waals surface area contributed by atoms with Crippen molar-refractivity contribution < 1.29 is 4.79 Å². The van der Waals surface area contributed by atoms with Gasteiger partial charge in [-0.3, -0.25) is 4.79 Å². The van der Waals surface area contributed by atoms with E-state index in [9.17, 15) is 4.79 Å². The number of amides is 1. The highest BCUT2D eigenvalue weighted by Crippen LogP contribution is 2.20. The van der Waals surface area contributed by atoms with Crippen LogP contribution in [0.2, 0.25) is 0 Å². The van der Waals surface area contributed by atoms with Gasteiger partial charge in [-0.25, -0.2) is 0 Å². The Balaban J connectivity index is 2.08. The van der Waals surface area contributed by atoms with E-state index in [-0.39, 0.29) is 5.91 Å². The third kappa shape index (κ3) is 2.60. The Morgan fingerprint density at radius 3 is 2.65 bits per heavy atom. The number of carbonyl (C=O) groups is 1. The minimum Gasteiger partial charge on any atom is -0.385 e. The summed E-state index contributed by atoms with van der Waals surface area (Å²) in [7, 11) is 0. The zero-order chi connectivity index (χ0) is 12.3. The topological polar surface area (TPSA) is 32.3 Å². The van der Waals surface area contributed by atoms with Gasteiger partial charge in [0.25, 0.3) is 5.91 Å². The fourth-order valence-electron chi connectivity index (χ4n) is 2.34. The van der Waals surface area contributed by atoms with Crippen molar-refractivity contribution in [2.75, 3.05) is 18.4 Å². The first-order chi connectivity index (χ1) is 8.22. The van der Waals surface area contributed by atoms with Crippen LogP contribution in [0, 0.1) is 0 Å².